The highest BCUT2D eigenvalue weighted by atomic mass is 19.4. The minimum atomic E-state index is -4.46. The van der Waals surface area contributed by atoms with Gasteiger partial charge in [-0.05, 0) is 42.0 Å². The molecule has 0 aliphatic rings. The minimum Gasteiger partial charge on any atom is -0.493 e. The Morgan fingerprint density at radius 1 is 0.868 bits per heavy atom. The number of anilines is 2. The molecule has 0 radical (unpaired) electrons. The number of carbonyl (C=O) groups is 2. The highest BCUT2D eigenvalue weighted by Gasteiger charge is 2.30. The van der Waals surface area contributed by atoms with E-state index in [1.54, 1.807) is 48.7 Å². The van der Waals surface area contributed by atoms with Crippen molar-refractivity contribution in [2.45, 2.75) is 12.6 Å². The number of rotatable bonds is 7. The predicted octanol–water partition coefficient (Wildman–Crippen LogP) is 5.02. The molecule has 1 aromatic heterocycles. The van der Waals surface area contributed by atoms with Gasteiger partial charge < -0.3 is 14.8 Å². The van der Waals surface area contributed by atoms with Crippen LogP contribution in [0.25, 0.3) is 10.9 Å². The Kier molecular flexibility index (Phi) is 7.66. The molecule has 4 aromatic rings. The smallest absolute Gasteiger partial charge is 0.416 e. The lowest BCUT2D eigenvalue weighted by molar-refractivity contribution is -0.137. The van der Waals surface area contributed by atoms with Crippen LogP contribution in [0.1, 0.15) is 21.5 Å². The second kappa shape index (κ2) is 11.1. The summed E-state index contributed by atoms with van der Waals surface area (Å²) in [5.41, 5.74) is 6.20. The van der Waals surface area contributed by atoms with Gasteiger partial charge >= 0.3 is 6.18 Å². The van der Waals surface area contributed by atoms with Gasteiger partial charge in [0.1, 0.15) is 0 Å². The zero-order chi connectivity index (χ0) is 27.3. The van der Waals surface area contributed by atoms with Crippen LogP contribution >= 0.6 is 0 Å². The summed E-state index contributed by atoms with van der Waals surface area (Å²) in [6, 6.07) is 16.2. The third-order valence-corrected chi connectivity index (χ3v) is 5.65. The van der Waals surface area contributed by atoms with E-state index < -0.39 is 23.6 Å². The molecular weight excluding hydrogens is 501 g/mol. The number of para-hydroxylation sites is 1. The molecule has 0 bridgehead atoms. The number of hydrogen-bond acceptors (Lipinski definition) is 6. The van der Waals surface area contributed by atoms with E-state index in [2.05, 4.69) is 21.2 Å². The van der Waals surface area contributed by atoms with Crippen molar-refractivity contribution >= 4 is 34.1 Å². The summed E-state index contributed by atoms with van der Waals surface area (Å²) in [5, 5.41) is 3.96. The molecule has 38 heavy (non-hydrogen) atoms. The summed E-state index contributed by atoms with van der Waals surface area (Å²) in [5.74, 6) is -0.148. The molecule has 11 heteroatoms. The van der Waals surface area contributed by atoms with Gasteiger partial charge in [-0.25, -0.2) is 0 Å². The van der Waals surface area contributed by atoms with Crippen molar-refractivity contribution in [2.24, 2.45) is 0 Å². The number of aromatic nitrogens is 1. The topological polar surface area (TPSA) is 102 Å². The number of nitrogens with zero attached hydrogens (tertiary/aromatic N) is 1. The fourth-order valence-electron chi connectivity index (χ4n) is 3.75. The van der Waals surface area contributed by atoms with Crippen molar-refractivity contribution in [2.75, 3.05) is 19.5 Å². The number of amides is 2. The number of hydrazine groups is 1. The number of methoxy groups -OCH3 is 2. The molecule has 0 spiro atoms. The molecule has 0 unspecified atom stereocenters. The van der Waals surface area contributed by atoms with Gasteiger partial charge in [-0.1, -0.05) is 24.3 Å². The lowest BCUT2D eigenvalue weighted by Gasteiger charge is -2.15. The second-order valence-corrected chi connectivity index (χ2v) is 8.13. The van der Waals surface area contributed by atoms with E-state index in [9.17, 15) is 22.8 Å². The Morgan fingerprint density at radius 2 is 1.55 bits per heavy atom. The molecule has 3 N–H and O–H groups in total. The van der Waals surface area contributed by atoms with Crippen molar-refractivity contribution < 1.29 is 32.2 Å². The van der Waals surface area contributed by atoms with Crippen LogP contribution in [0.4, 0.5) is 24.5 Å². The zero-order valence-electron chi connectivity index (χ0n) is 20.3. The van der Waals surface area contributed by atoms with E-state index in [4.69, 9.17) is 9.47 Å². The summed E-state index contributed by atoms with van der Waals surface area (Å²) in [6.07, 6.45) is -3.06. The molecule has 0 aliphatic heterocycles. The Morgan fingerprint density at radius 3 is 2.24 bits per heavy atom. The quantitative estimate of drug-likeness (QED) is 0.294. The van der Waals surface area contributed by atoms with Crippen LogP contribution in [0.2, 0.25) is 0 Å². The first-order chi connectivity index (χ1) is 18.2. The molecule has 2 amide bonds. The van der Waals surface area contributed by atoms with E-state index in [0.29, 0.717) is 34.0 Å². The first-order valence-corrected chi connectivity index (χ1v) is 11.3. The summed E-state index contributed by atoms with van der Waals surface area (Å²) in [4.78, 5) is 29.5. The maximum atomic E-state index is 12.9. The number of halogens is 3. The van der Waals surface area contributed by atoms with Crippen molar-refractivity contribution in [3.05, 3.63) is 89.6 Å². The van der Waals surface area contributed by atoms with Gasteiger partial charge in [-0.15, -0.1) is 0 Å². The molecule has 0 saturated carbocycles. The summed E-state index contributed by atoms with van der Waals surface area (Å²) in [6.45, 7) is 0. The van der Waals surface area contributed by atoms with Crippen LogP contribution in [0.3, 0.4) is 0 Å². The van der Waals surface area contributed by atoms with Crippen molar-refractivity contribution in [1.29, 1.82) is 0 Å². The number of ether oxygens (including phenoxy) is 2. The molecule has 0 fully saturated rings. The Hall–Kier alpha value is -4.80. The number of carbonyl (C=O) groups excluding carboxylic acids is 2. The van der Waals surface area contributed by atoms with Crippen LogP contribution in [0.5, 0.6) is 11.5 Å². The van der Waals surface area contributed by atoms with E-state index in [0.717, 1.165) is 17.5 Å². The number of hydrogen-bond donors (Lipinski definition) is 3. The van der Waals surface area contributed by atoms with Crippen LogP contribution in [0, 0.1) is 0 Å². The molecule has 0 saturated heterocycles. The van der Waals surface area contributed by atoms with E-state index in [1.807, 2.05) is 0 Å². The molecule has 196 valence electrons. The number of pyridine rings is 1. The fraction of sp³-hybridized carbons (Fsp3) is 0.148. The third kappa shape index (κ3) is 5.94. The van der Waals surface area contributed by atoms with Gasteiger partial charge in [-0.3, -0.25) is 25.4 Å². The Balaban J connectivity index is 1.47. The van der Waals surface area contributed by atoms with Gasteiger partial charge in [0.2, 0.25) is 5.91 Å². The van der Waals surface area contributed by atoms with Gasteiger partial charge in [0, 0.05) is 23.3 Å². The number of benzene rings is 3. The maximum Gasteiger partial charge on any atom is 0.416 e. The Bertz CT molecular complexity index is 1470. The average molecular weight is 524 g/mol. The van der Waals surface area contributed by atoms with Gasteiger partial charge in [-0.2, -0.15) is 13.2 Å². The summed E-state index contributed by atoms with van der Waals surface area (Å²) < 4.78 is 48.9. The highest BCUT2D eigenvalue weighted by Crippen LogP contribution is 2.35. The largest absolute Gasteiger partial charge is 0.493 e. The van der Waals surface area contributed by atoms with Crippen LogP contribution in [0.15, 0.2) is 72.9 Å². The first kappa shape index (κ1) is 26.3. The van der Waals surface area contributed by atoms with Gasteiger partial charge in [0.25, 0.3) is 5.91 Å². The van der Waals surface area contributed by atoms with Crippen LogP contribution < -0.4 is 25.6 Å². The van der Waals surface area contributed by atoms with E-state index >= 15 is 0 Å². The molecule has 3 aromatic carbocycles. The minimum absolute atomic E-state index is 0.216. The monoisotopic (exact) mass is 524 g/mol. The predicted molar refractivity (Wildman–Crippen MR) is 135 cm³/mol. The van der Waals surface area contributed by atoms with Crippen molar-refractivity contribution in [1.82, 2.24) is 15.8 Å². The van der Waals surface area contributed by atoms with Crippen LogP contribution in [-0.4, -0.2) is 31.0 Å². The molecule has 0 aliphatic carbocycles. The maximum absolute atomic E-state index is 12.9. The highest BCUT2D eigenvalue weighted by molar-refractivity contribution is 6.03. The summed E-state index contributed by atoms with van der Waals surface area (Å²) in [7, 11) is 3.06. The lowest BCUT2D eigenvalue weighted by Crippen LogP contribution is -2.42. The lowest BCUT2D eigenvalue weighted by atomic mass is 10.1. The van der Waals surface area contributed by atoms with Crippen molar-refractivity contribution in [3.8, 4) is 11.5 Å². The van der Waals surface area contributed by atoms with E-state index in [1.165, 1.54) is 26.4 Å². The SMILES string of the molecule is COc1cc2nccc(Nc3ccccc3C(=O)NNC(=O)Cc3ccc(C(F)(F)F)cc3)c2cc1OC. The molecule has 1 heterocycles. The zero-order valence-corrected chi connectivity index (χ0v) is 20.3. The van der Waals surface area contributed by atoms with Gasteiger partial charge in [0.15, 0.2) is 11.5 Å². The summed E-state index contributed by atoms with van der Waals surface area (Å²) >= 11 is 0. The second-order valence-electron chi connectivity index (χ2n) is 8.13. The molecule has 4 rings (SSSR count). The molecular formula is C27H23F3N4O4. The fourth-order valence-corrected chi connectivity index (χ4v) is 3.75. The molecule has 8 nitrogen and oxygen atoms in total. The first-order valence-electron chi connectivity index (χ1n) is 11.3. The third-order valence-electron chi connectivity index (χ3n) is 5.65. The molecule has 0 atom stereocenters. The number of nitrogens with one attached hydrogen (secondary N) is 3. The number of alkyl halides is 3. The van der Waals surface area contributed by atoms with Gasteiger partial charge in [0.05, 0.1) is 43.0 Å². The van der Waals surface area contributed by atoms with Crippen LogP contribution in [-0.2, 0) is 17.4 Å². The van der Waals surface area contributed by atoms with E-state index in [-0.39, 0.29) is 12.0 Å². The standard InChI is InChI=1S/C27H23F3N4O4/c1-37-23-14-19-21(11-12-31-22(19)15-24(23)38-2)32-20-6-4-3-5-18(20)26(36)34-33-25(35)13-16-7-9-17(10-8-16)27(28,29)30/h3-12,14-15H,13H2,1-2H3,(H,31,32)(H,33,35)(H,34,36). The van der Waals surface area contributed by atoms with Crippen molar-refractivity contribution in [3.63, 3.8) is 0 Å². The average Bonchev–Trinajstić information content (AvgIpc) is 2.91. The number of fused-ring (bicyclic) bond motifs is 1. The normalized spacial score (nSPS) is 11.1. The Labute approximate surface area is 215 Å².